The summed E-state index contributed by atoms with van der Waals surface area (Å²) >= 11 is 0. The summed E-state index contributed by atoms with van der Waals surface area (Å²) in [5, 5.41) is 0. The molecule has 0 fully saturated rings. The number of benzene rings is 3. The molecule has 37 heavy (non-hydrogen) atoms. The second-order valence-electron chi connectivity index (χ2n) is 9.17. The number of carbonyl (C=O) groups excluding carboxylic acids is 1. The van der Waals surface area contributed by atoms with Gasteiger partial charge in [-0.2, -0.15) is 4.98 Å². The molecule has 1 amide bonds. The number of nitrogens with zero attached hydrogens (tertiary/aromatic N) is 4. The Hall–Kier alpha value is -4.39. The van der Waals surface area contributed by atoms with Crippen molar-refractivity contribution >= 4 is 11.9 Å². The van der Waals surface area contributed by atoms with Crippen LogP contribution in [0.15, 0.2) is 78.9 Å². The average Bonchev–Trinajstić information content (AvgIpc) is 2.94. The summed E-state index contributed by atoms with van der Waals surface area (Å²) in [6, 6.07) is 25.3. The van der Waals surface area contributed by atoms with Gasteiger partial charge in [-0.05, 0) is 42.3 Å². The molecule has 0 spiro atoms. The first-order chi connectivity index (χ1) is 18.0. The van der Waals surface area contributed by atoms with E-state index in [0.29, 0.717) is 49.2 Å². The quantitative estimate of drug-likeness (QED) is 0.342. The number of amides is 1. The number of anilines is 1. The molecule has 3 aromatic carbocycles. The van der Waals surface area contributed by atoms with Crippen molar-refractivity contribution in [3.05, 3.63) is 107 Å². The van der Waals surface area contributed by atoms with Crippen LogP contribution in [0.25, 0.3) is 0 Å². The molecule has 1 aromatic heterocycles. The van der Waals surface area contributed by atoms with E-state index >= 15 is 0 Å². The molecular formula is C30H30N4O3. The molecule has 0 atom stereocenters. The molecule has 1 aliphatic heterocycles. The summed E-state index contributed by atoms with van der Waals surface area (Å²) in [7, 11) is 3.58. The molecule has 0 unspecified atom stereocenters. The van der Waals surface area contributed by atoms with Gasteiger partial charge in [0.05, 0.1) is 24.9 Å². The Morgan fingerprint density at radius 1 is 1.00 bits per heavy atom. The maximum Gasteiger partial charge on any atom is 0.254 e. The smallest absolute Gasteiger partial charge is 0.254 e. The minimum Gasteiger partial charge on any atom is -0.497 e. The number of hydrogen-bond donors (Lipinski definition) is 0. The van der Waals surface area contributed by atoms with E-state index in [1.807, 2.05) is 84.4 Å². The Balaban J connectivity index is 1.48. The molecule has 7 nitrogen and oxygen atoms in total. The van der Waals surface area contributed by atoms with E-state index in [1.165, 1.54) is 5.56 Å². The standard InChI is InChI=1S/C30H30N4O3/c1-21-10-7-8-15-27(21)37-28-25-20-34(29(35)23-13-9-14-24(18-23)36-3)17-16-26(25)31-30(32-28)33(2)19-22-11-5-4-6-12-22/h4-15,18H,16-17,19-20H2,1-3H3. The molecule has 0 saturated heterocycles. The van der Waals surface area contributed by atoms with Gasteiger partial charge in [0.15, 0.2) is 0 Å². The number of aromatic nitrogens is 2. The number of para-hydroxylation sites is 1. The summed E-state index contributed by atoms with van der Waals surface area (Å²) in [4.78, 5) is 27.0. The molecular weight excluding hydrogens is 464 g/mol. The van der Waals surface area contributed by atoms with Crippen molar-refractivity contribution in [2.24, 2.45) is 0 Å². The molecule has 5 rings (SSSR count). The number of carbonyl (C=O) groups is 1. The number of aryl methyl sites for hydroxylation is 1. The van der Waals surface area contributed by atoms with Crippen molar-refractivity contribution < 1.29 is 14.3 Å². The van der Waals surface area contributed by atoms with Crippen molar-refractivity contribution in [3.63, 3.8) is 0 Å². The van der Waals surface area contributed by atoms with Gasteiger partial charge in [-0.1, -0.05) is 54.6 Å². The van der Waals surface area contributed by atoms with Crippen LogP contribution in [0.3, 0.4) is 0 Å². The van der Waals surface area contributed by atoms with E-state index in [0.717, 1.165) is 22.6 Å². The molecule has 0 aliphatic carbocycles. The minimum absolute atomic E-state index is 0.0586. The van der Waals surface area contributed by atoms with Crippen molar-refractivity contribution in [1.82, 2.24) is 14.9 Å². The minimum atomic E-state index is -0.0586. The Morgan fingerprint density at radius 2 is 1.78 bits per heavy atom. The van der Waals surface area contributed by atoms with Crippen molar-refractivity contribution in [2.75, 3.05) is 25.6 Å². The highest BCUT2D eigenvalue weighted by molar-refractivity contribution is 5.94. The lowest BCUT2D eigenvalue weighted by molar-refractivity contribution is 0.0731. The van der Waals surface area contributed by atoms with Gasteiger partial charge in [-0.3, -0.25) is 4.79 Å². The third-order valence-electron chi connectivity index (χ3n) is 6.52. The molecule has 7 heteroatoms. The lowest BCUT2D eigenvalue weighted by Gasteiger charge is -2.30. The highest BCUT2D eigenvalue weighted by Crippen LogP contribution is 2.33. The van der Waals surface area contributed by atoms with E-state index < -0.39 is 0 Å². The van der Waals surface area contributed by atoms with Crippen molar-refractivity contribution in [2.45, 2.75) is 26.4 Å². The van der Waals surface area contributed by atoms with E-state index in [9.17, 15) is 4.79 Å². The fraction of sp³-hybridized carbons (Fsp3) is 0.233. The van der Waals surface area contributed by atoms with E-state index in [4.69, 9.17) is 19.4 Å². The van der Waals surface area contributed by atoms with Crippen LogP contribution in [0.1, 0.15) is 32.7 Å². The largest absolute Gasteiger partial charge is 0.497 e. The molecule has 0 saturated carbocycles. The zero-order valence-electron chi connectivity index (χ0n) is 21.3. The van der Waals surface area contributed by atoms with Crippen LogP contribution in [0.2, 0.25) is 0 Å². The monoisotopic (exact) mass is 494 g/mol. The Kier molecular flexibility index (Phi) is 7.03. The Bertz CT molecular complexity index is 1410. The van der Waals surface area contributed by atoms with Crippen LogP contribution in [0.4, 0.5) is 5.95 Å². The maximum atomic E-state index is 13.4. The number of ether oxygens (including phenoxy) is 2. The van der Waals surface area contributed by atoms with Crippen LogP contribution in [0.5, 0.6) is 17.4 Å². The zero-order valence-corrected chi connectivity index (χ0v) is 21.3. The second-order valence-corrected chi connectivity index (χ2v) is 9.17. The molecule has 1 aliphatic rings. The predicted octanol–water partition coefficient (Wildman–Crippen LogP) is 5.42. The van der Waals surface area contributed by atoms with Gasteiger partial charge in [0, 0.05) is 32.1 Å². The lowest BCUT2D eigenvalue weighted by Crippen LogP contribution is -2.37. The first-order valence-electron chi connectivity index (χ1n) is 12.3. The second kappa shape index (κ2) is 10.7. The normalized spacial score (nSPS) is 12.6. The van der Waals surface area contributed by atoms with Crippen LogP contribution >= 0.6 is 0 Å². The highest BCUT2D eigenvalue weighted by Gasteiger charge is 2.28. The maximum absolute atomic E-state index is 13.4. The van der Waals surface area contributed by atoms with Crippen LogP contribution in [0, 0.1) is 6.92 Å². The van der Waals surface area contributed by atoms with Crippen molar-refractivity contribution in [3.8, 4) is 17.4 Å². The number of fused-ring (bicyclic) bond motifs is 1. The molecule has 0 radical (unpaired) electrons. The van der Waals surface area contributed by atoms with Gasteiger partial charge >= 0.3 is 0 Å². The number of methoxy groups -OCH3 is 1. The highest BCUT2D eigenvalue weighted by atomic mass is 16.5. The third-order valence-corrected chi connectivity index (χ3v) is 6.52. The van der Waals surface area contributed by atoms with E-state index in [2.05, 4.69) is 12.1 Å². The van der Waals surface area contributed by atoms with Gasteiger partial charge in [-0.25, -0.2) is 4.98 Å². The molecule has 0 bridgehead atoms. The van der Waals surface area contributed by atoms with Crippen LogP contribution < -0.4 is 14.4 Å². The third kappa shape index (κ3) is 5.40. The first-order valence-corrected chi connectivity index (χ1v) is 12.3. The van der Waals surface area contributed by atoms with Gasteiger partial charge in [0.2, 0.25) is 11.8 Å². The number of rotatable bonds is 7. The molecule has 2 heterocycles. The fourth-order valence-corrected chi connectivity index (χ4v) is 4.44. The summed E-state index contributed by atoms with van der Waals surface area (Å²) in [5.41, 5.74) is 4.51. The molecule has 4 aromatic rings. The average molecular weight is 495 g/mol. The van der Waals surface area contributed by atoms with Gasteiger partial charge < -0.3 is 19.3 Å². The number of hydrogen-bond acceptors (Lipinski definition) is 6. The first kappa shape index (κ1) is 24.3. The Labute approximate surface area is 217 Å². The summed E-state index contributed by atoms with van der Waals surface area (Å²) in [6.45, 7) is 3.61. The van der Waals surface area contributed by atoms with Gasteiger partial charge in [0.25, 0.3) is 5.91 Å². The molecule has 0 N–H and O–H groups in total. The summed E-state index contributed by atoms with van der Waals surface area (Å²) in [6.07, 6.45) is 0.615. The Morgan fingerprint density at radius 3 is 2.57 bits per heavy atom. The van der Waals surface area contributed by atoms with E-state index in [-0.39, 0.29) is 5.91 Å². The van der Waals surface area contributed by atoms with E-state index in [1.54, 1.807) is 13.2 Å². The predicted molar refractivity (Wildman–Crippen MR) is 143 cm³/mol. The molecule has 188 valence electrons. The lowest BCUT2D eigenvalue weighted by atomic mass is 10.0. The summed E-state index contributed by atoms with van der Waals surface area (Å²) < 4.78 is 11.7. The zero-order chi connectivity index (χ0) is 25.8. The van der Waals surface area contributed by atoms with Crippen LogP contribution in [-0.4, -0.2) is 41.5 Å². The van der Waals surface area contributed by atoms with Crippen molar-refractivity contribution in [1.29, 1.82) is 0 Å². The van der Waals surface area contributed by atoms with Gasteiger partial charge in [0.1, 0.15) is 11.5 Å². The topological polar surface area (TPSA) is 67.8 Å². The fourth-order valence-electron chi connectivity index (χ4n) is 4.44. The summed E-state index contributed by atoms with van der Waals surface area (Å²) in [5.74, 6) is 2.41. The SMILES string of the molecule is COc1cccc(C(=O)N2CCc3nc(N(C)Cc4ccccc4)nc(Oc4ccccc4C)c3C2)c1. The van der Waals surface area contributed by atoms with Gasteiger partial charge in [-0.15, -0.1) is 0 Å². The van der Waals surface area contributed by atoms with Crippen LogP contribution in [-0.2, 0) is 19.5 Å².